The summed E-state index contributed by atoms with van der Waals surface area (Å²) in [7, 11) is 2.03. The fraction of sp³-hybridized carbons (Fsp3) is 0.231. The van der Waals surface area contributed by atoms with Gasteiger partial charge in [-0.1, -0.05) is 0 Å². The van der Waals surface area contributed by atoms with Crippen LogP contribution < -0.4 is 16.2 Å². The molecule has 0 aliphatic heterocycles. The Balaban J connectivity index is 2.01. The van der Waals surface area contributed by atoms with Crippen molar-refractivity contribution in [3.05, 3.63) is 31.7 Å². The van der Waals surface area contributed by atoms with Crippen LogP contribution in [0.25, 0.3) is 10.2 Å². The predicted octanol–water partition coefficient (Wildman–Crippen LogP) is 3.75. The van der Waals surface area contributed by atoms with Crippen molar-refractivity contribution in [1.82, 2.24) is 9.97 Å². The molecule has 3 aromatic heterocycles. The number of nitrogens with one attached hydrogen (secondary N) is 1. The van der Waals surface area contributed by atoms with Crippen LogP contribution in [0, 0.1) is 6.92 Å². The molecular formula is C13H14BrN5S2. The number of anilines is 2. The molecular weight excluding hydrogens is 370 g/mol. The summed E-state index contributed by atoms with van der Waals surface area (Å²) in [5, 5.41) is 3.15. The van der Waals surface area contributed by atoms with Crippen LogP contribution in [0.5, 0.6) is 0 Å². The molecule has 0 amide bonds. The quantitative estimate of drug-likeness (QED) is 0.530. The molecule has 0 saturated heterocycles. The maximum Gasteiger partial charge on any atom is 0.240 e. The van der Waals surface area contributed by atoms with Gasteiger partial charge >= 0.3 is 0 Å². The summed E-state index contributed by atoms with van der Waals surface area (Å²) in [4.78, 5) is 14.5. The molecule has 0 fully saturated rings. The first-order valence-electron chi connectivity index (χ1n) is 6.25. The molecule has 8 heteroatoms. The first-order chi connectivity index (χ1) is 10.1. The van der Waals surface area contributed by atoms with Crippen LogP contribution in [-0.2, 0) is 6.54 Å². The molecule has 0 saturated carbocycles. The van der Waals surface area contributed by atoms with Crippen molar-refractivity contribution in [2.75, 3.05) is 17.4 Å². The van der Waals surface area contributed by atoms with Gasteiger partial charge in [-0.2, -0.15) is 4.98 Å². The maximum absolute atomic E-state index is 5.48. The first kappa shape index (κ1) is 14.7. The zero-order valence-corrected chi connectivity index (χ0v) is 14.8. The maximum atomic E-state index is 5.48. The van der Waals surface area contributed by atoms with Crippen molar-refractivity contribution in [3.63, 3.8) is 0 Å². The zero-order chi connectivity index (χ0) is 15.0. The number of hydrogen-bond acceptors (Lipinski definition) is 7. The van der Waals surface area contributed by atoms with E-state index in [2.05, 4.69) is 60.7 Å². The molecule has 3 heterocycles. The van der Waals surface area contributed by atoms with E-state index in [1.165, 1.54) is 9.75 Å². The number of aromatic nitrogens is 2. The Hall–Kier alpha value is -1.22. The fourth-order valence-corrected chi connectivity index (χ4v) is 4.51. The van der Waals surface area contributed by atoms with Crippen LogP contribution in [0.1, 0.15) is 9.75 Å². The van der Waals surface area contributed by atoms with Gasteiger partial charge in [0, 0.05) is 26.7 Å². The number of nitrogens with two attached hydrogens (primary N) is 1. The standard InChI is InChI=1S/C13H14BrN5S2/c1-7-3-10-11(16-13(18-15)17-12(10)21-7)19(2)5-9-4-8(14)6-20-9/h3-4,6H,5,15H2,1-2H3,(H,16,17,18). The van der Waals surface area contributed by atoms with E-state index in [-0.39, 0.29) is 0 Å². The summed E-state index contributed by atoms with van der Waals surface area (Å²) in [5.74, 6) is 6.81. The van der Waals surface area contributed by atoms with Gasteiger partial charge in [-0.05, 0) is 35.0 Å². The summed E-state index contributed by atoms with van der Waals surface area (Å²) in [6.07, 6.45) is 0. The number of hydrazine groups is 1. The zero-order valence-electron chi connectivity index (χ0n) is 11.6. The molecule has 0 unspecified atom stereocenters. The molecule has 0 bridgehead atoms. The monoisotopic (exact) mass is 383 g/mol. The third kappa shape index (κ3) is 3.03. The highest BCUT2D eigenvalue weighted by atomic mass is 79.9. The van der Waals surface area contributed by atoms with Gasteiger partial charge in [-0.15, -0.1) is 22.7 Å². The number of fused-ring (bicyclic) bond motifs is 1. The van der Waals surface area contributed by atoms with E-state index >= 15 is 0 Å². The molecule has 0 radical (unpaired) electrons. The van der Waals surface area contributed by atoms with Crippen LogP contribution in [0.2, 0.25) is 0 Å². The number of hydrogen-bond donors (Lipinski definition) is 2. The Bertz CT molecular complexity index is 782. The minimum absolute atomic E-state index is 0.443. The molecule has 3 rings (SSSR count). The van der Waals surface area contributed by atoms with Gasteiger partial charge in [0.2, 0.25) is 5.95 Å². The predicted molar refractivity (Wildman–Crippen MR) is 94.1 cm³/mol. The van der Waals surface area contributed by atoms with Crippen LogP contribution in [0.4, 0.5) is 11.8 Å². The number of aryl methyl sites for hydroxylation is 1. The fourth-order valence-electron chi connectivity index (χ4n) is 2.13. The van der Waals surface area contributed by atoms with E-state index < -0.39 is 0 Å². The van der Waals surface area contributed by atoms with Crippen molar-refractivity contribution in [3.8, 4) is 0 Å². The highest BCUT2D eigenvalue weighted by molar-refractivity contribution is 9.10. The molecule has 0 atom stereocenters. The first-order valence-corrected chi connectivity index (χ1v) is 8.74. The Labute approximate surface area is 138 Å². The second-order valence-corrected chi connectivity index (χ2v) is 7.82. The number of rotatable bonds is 4. The van der Waals surface area contributed by atoms with E-state index in [0.717, 1.165) is 27.1 Å². The molecule has 21 heavy (non-hydrogen) atoms. The minimum Gasteiger partial charge on any atom is -0.354 e. The van der Waals surface area contributed by atoms with Crippen molar-refractivity contribution in [1.29, 1.82) is 0 Å². The Kier molecular flexibility index (Phi) is 4.12. The van der Waals surface area contributed by atoms with E-state index in [9.17, 15) is 0 Å². The summed E-state index contributed by atoms with van der Waals surface area (Å²) in [6.45, 7) is 2.86. The van der Waals surface area contributed by atoms with Crippen LogP contribution in [0.15, 0.2) is 22.0 Å². The average Bonchev–Trinajstić information content (AvgIpc) is 3.02. The van der Waals surface area contributed by atoms with Gasteiger partial charge in [0.1, 0.15) is 10.6 Å². The lowest BCUT2D eigenvalue weighted by Crippen LogP contribution is -2.19. The van der Waals surface area contributed by atoms with Crippen LogP contribution in [0.3, 0.4) is 0 Å². The molecule has 0 aromatic carbocycles. The second kappa shape index (κ2) is 5.88. The molecule has 5 nitrogen and oxygen atoms in total. The van der Waals surface area contributed by atoms with Gasteiger partial charge in [-0.3, -0.25) is 5.43 Å². The van der Waals surface area contributed by atoms with E-state index in [1.807, 2.05) is 7.05 Å². The molecule has 0 aliphatic carbocycles. The van der Waals surface area contributed by atoms with Crippen molar-refractivity contribution in [2.24, 2.45) is 5.84 Å². The third-order valence-corrected chi connectivity index (χ3v) is 5.63. The summed E-state index contributed by atoms with van der Waals surface area (Å²) in [5.41, 5.74) is 2.54. The van der Waals surface area contributed by atoms with Crippen LogP contribution in [-0.4, -0.2) is 17.0 Å². The number of halogens is 1. The summed E-state index contributed by atoms with van der Waals surface area (Å²) in [6, 6.07) is 4.25. The van der Waals surface area contributed by atoms with E-state index in [1.54, 1.807) is 22.7 Å². The Morgan fingerprint density at radius 2 is 2.19 bits per heavy atom. The van der Waals surface area contributed by atoms with Gasteiger partial charge < -0.3 is 4.90 Å². The molecule has 110 valence electrons. The highest BCUT2D eigenvalue weighted by Crippen LogP contribution is 2.32. The van der Waals surface area contributed by atoms with Crippen molar-refractivity contribution in [2.45, 2.75) is 13.5 Å². The van der Waals surface area contributed by atoms with Crippen molar-refractivity contribution < 1.29 is 0 Å². The Morgan fingerprint density at radius 3 is 2.86 bits per heavy atom. The Morgan fingerprint density at radius 1 is 1.38 bits per heavy atom. The van der Waals surface area contributed by atoms with Gasteiger partial charge in [0.25, 0.3) is 0 Å². The minimum atomic E-state index is 0.443. The lowest BCUT2D eigenvalue weighted by Gasteiger charge is -2.18. The van der Waals surface area contributed by atoms with Crippen molar-refractivity contribution >= 4 is 60.6 Å². The molecule has 0 aliphatic rings. The van der Waals surface area contributed by atoms with E-state index in [4.69, 9.17) is 5.84 Å². The summed E-state index contributed by atoms with van der Waals surface area (Å²) >= 11 is 6.85. The SMILES string of the molecule is Cc1cc2c(N(C)Cc3cc(Br)cs3)nc(NN)nc2s1. The molecule has 0 spiro atoms. The lowest BCUT2D eigenvalue weighted by molar-refractivity contribution is 0.915. The van der Waals surface area contributed by atoms with Gasteiger partial charge in [0.05, 0.1) is 11.9 Å². The normalized spacial score (nSPS) is 11.0. The number of nitrogens with zero attached hydrogens (tertiary/aromatic N) is 3. The number of thiophene rings is 2. The third-order valence-electron chi connectivity index (χ3n) is 3.00. The highest BCUT2D eigenvalue weighted by Gasteiger charge is 2.14. The second-order valence-electron chi connectivity index (χ2n) is 4.68. The smallest absolute Gasteiger partial charge is 0.240 e. The number of nitrogen functional groups attached to an aromatic ring is 1. The summed E-state index contributed by atoms with van der Waals surface area (Å²) < 4.78 is 1.11. The topological polar surface area (TPSA) is 67.1 Å². The average molecular weight is 384 g/mol. The lowest BCUT2D eigenvalue weighted by atomic mass is 10.3. The molecule has 3 N–H and O–H groups in total. The van der Waals surface area contributed by atoms with Gasteiger partial charge in [0.15, 0.2) is 0 Å². The largest absolute Gasteiger partial charge is 0.354 e. The van der Waals surface area contributed by atoms with Gasteiger partial charge in [-0.25, -0.2) is 10.8 Å². The van der Waals surface area contributed by atoms with E-state index in [0.29, 0.717) is 5.95 Å². The molecule has 3 aromatic rings. The van der Waals surface area contributed by atoms with Crippen LogP contribution >= 0.6 is 38.6 Å².